The molecule has 0 saturated heterocycles. The Morgan fingerprint density at radius 3 is 2.92 bits per heavy atom. The molecule has 0 aliphatic rings. The van der Waals surface area contributed by atoms with Gasteiger partial charge in [0.1, 0.15) is 5.82 Å². The van der Waals surface area contributed by atoms with Gasteiger partial charge in [0, 0.05) is 4.47 Å². The van der Waals surface area contributed by atoms with Crippen LogP contribution in [0.2, 0.25) is 0 Å². The third-order valence-corrected chi connectivity index (χ3v) is 1.86. The highest BCUT2D eigenvalue weighted by atomic mass is 79.9. The zero-order valence-electron chi connectivity index (χ0n) is 6.80. The van der Waals surface area contributed by atoms with E-state index in [2.05, 4.69) is 20.8 Å². The van der Waals surface area contributed by atoms with Crippen molar-refractivity contribution in [3.05, 3.63) is 34.1 Å². The van der Waals surface area contributed by atoms with Gasteiger partial charge in [0.15, 0.2) is 0 Å². The summed E-state index contributed by atoms with van der Waals surface area (Å²) in [6.45, 7) is 0. The molecule has 1 rings (SSSR count). The maximum atomic E-state index is 13.0. The van der Waals surface area contributed by atoms with E-state index in [0.29, 0.717) is 4.47 Å². The fraction of sp³-hybridized carbons (Fsp3) is 0.125. The lowest BCUT2D eigenvalue weighted by Gasteiger charge is -2.03. The summed E-state index contributed by atoms with van der Waals surface area (Å²) in [5, 5.41) is 0. The average molecular weight is 248 g/mol. The van der Waals surface area contributed by atoms with E-state index in [4.69, 9.17) is 0 Å². The molecule has 3 nitrogen and oxygen atoms in total. The lowest BCUT2D eigenvalue weighted by Crippen LogP contribution is -2.22. The van der Waals surface area contributed by atoms with Crippen molar-refractivity contribution in [2.45, 2.75) is 0 Å². The number of hydroxylamine groups is 1. The lowest BCUT2D eigenvalue weighted by molar-refractivity contribution is 0.0533. The van der Waals surface area contributed by atoms with Crippen molar-refractivity contribution in [2.24, 2.45) is 0 Å². The average Bonchev–Trinajstić information content (AvgIpc) is 2.09. The molecular formula is C8H7BrFNO2. The van der Waals surface area contributed by atoms with Crippen LogP contribution in [0, 0.1) is 5.82 Å². The first-order chi connectivity index (χ1) is 6.15. The van der Waals surface area contributed by atoms with E-state index in [1.807, 2.05) is 5.48 Å². The van der Waals surface area contributed by atoms with Crippen molar-refractivity contribution >= 4 is 21.8 Å². The molecular weight excluding hydrogens is 241 g/mol. The Balaban J connectivity index is 2.99. The van der Waals surface area contributed by atoms with Gasteiger partial charge < -0.3 is 0 Å². The van der Waals surface area contributed by atoms with Crippen molar-refractivity contribution < 1.29 is 14.0 Å². The Bertz CT molecular complexity index is 330. The molecule has 0 radical (unpaired) electrons. The fourth-order valence-corrected chi connectivity index (χ4v) is 1.18. The van der Waals surface area contributed by atoms with E-state index < -0.39 is 11.7 Å². The van der Waals surface area contributed by atoms with Gasteiger partial charge in [-0.25, -0.2) is 9.87 Å². The van der Waals surface area contributed by atoms with Crippen molar-refractivity contribution in [2.75, 3.05) is 7.11 Å². The summed E-state index contributed by atoms with van der Waals surface area (Å²) < 4.78 is 13.6. The minimum atomic E-state index is -0.610. The second-order valence-electron chi connectivity index (χ2n) is 2.26. The highest BCUT2D eigenvalue weighted by Gasteiger charge is 2.11. The summed E-state index contributed by atoms with van der Waals surface area (Å²) in [4.78, 5) is 15.5. The molecule has 0 fully saturated rings. The topological polar surface area (TPSA) is 38.3 Å². The zero-order valence-corrected chi connectivity index (χ0v) is 8.39. The van der Waals surface area contributed by atoms with Gasteiger partial charge in [0.05, 0.1) is 12.7 Å². The first-order valence-electron chi connectivity index (χ1n) is 3.43. The maximum absolute atomic E-state index is 13.0. The maximum Gasteiger partial charge on any atom is 0.277 e. The third-order valence-electron chi connectivity index (χ3n) is 1.37. The summed E-state index contributed by atoms with van der Waals surface area (Å²) in [5.74, 6) is -1.20. The Hall–Kier alpha value is -0.940. The Morgan fingerprint density at radius 2 is 2.31 bits per heavy atom. The molecule has 0 saturated carbocycles. The van der Waals surface area contributed by atoms with Crippen LogP contribution < -0.4 is 5.48 Å². The predicted octanol–water partition coefficient (Wildman–Crippen LogP) is 1.88. The van der Waals surface area contributed by atoms with Crippen molar-refractivity contribution in [1.29, 1.82) is 0 Å². The minimum Gasteiger partial charge on any atom is -0.277 e. The molecule has 5 heteroatoms. The summed E-state index contributed by atoms with van der Waals surface area (Å²) in [6.07, 6.45) is 0. The van der Waals surface area contributed by atoms with Gasteiger partial charge in [-0.3, -0.25) is 9.63 Å². The summed E-state index contributed by atoms with van der Waals surface area (Å²) in [5.41, 5.74) is 1.97. The molecule has 0 bridgehead atoms. The minimum absolute atomic E-state index is 0.0591. The van der Waals surface area contributed by atoms with Gasteiger partial charge >= 0.3 is 0 Å². The quantitative estimate of drug-likeness (QED) is 0.811. The number of hydrogen-bond acceptors (Lipinski definition) is 2. The van der Waals surface area contributed by atoms with Gasteiger partial charge in [0.2, 0.25) is 0 Å². The van der Waals surface area contributed by atoms with Crippen molar-refractivity contribution in [3.63, 3.8) is 0 Å². The standard InChI is InChI=1S/C8H7BrFNO2/c1-13-11-8(12)6-4-5(9)2-3-7(6)10/h2-4H,1H3,(H,11,12). The molecule has 1 aromatic rings. The van der Waals surface area contributed by atoms with E-state index in [0.717, 1.165) is 0 Å². The number of carbonyl (C=O) groups is 1. The Labute approximate surface area is 83.0 Å². The highest BCUT2D eigenvalue weighted by Crippen LogP contribution is 2.15. The first kappa shape index (κ1) is 10.1. The van der Waals surface area contributed by atoms with Crippen molar-refractivity contribution in [1.82, 2.24) is 5.48 Å². The van der Waals surface area contributed by atoms with Gasteiger partial charge in [0.25, 0.3) is 5.91 Å². The van der Waals surface area contributed by atoms with Crippen LogP contribution in [0.4, 0.5) is 4.39 Å². The Morgan fingerprint density at radius 1 is 1.62 bits per heavy atom. The molecule has 1 amide bonds. The SMILES string of the molecule is CONC(=O)c1cc(Br)ccc1F. The number of amides is 1. The van der Waals surface area contributed by atoms with E-state index in [1.165, 1.54) is 25.3 Å². The smallest absolute Gasteiger partial charge is 0.277 e. The van der Waals surface area contributed by atoms with E-state index in [-0.39, 0.29) is 5.56 Å². The van der Waals surface area contributed by atoms with Crippen LogP contribution in [-0.4, -0.2) is 13.0 Å². The molecule has 1 aromatic carbocycles. The van der Waals surface area contributed by atoms with Crippen LogP contribution in [0.15, 0.2) is 22.7 Å². The monoisotopic (exact) mass is 247 g/mol. The van der Waals surface area contributed by atoms with Crippen LogP contribution in [0.25, 0.3) is 0 Å². The molecule has 13 heavy (non-hydrogen) atoms. The number of rotatable bonds is 2. The largest absolute Gasteiger partial charge is 0.277 e. The van der Waals surface area contributed by atoms with Gasteiger partial charge in [-0.05, 0) is 18.2 Å². The molecule has 0 unspecified atom stereocenters. The molecule has 0 aliphatic heterocycles. The molecule has 0 heterocycles. The second kappa shape index (κ2) is 4.34. The molecule has 0 atom stereocenters. The van der Waals surface area contributed by atoms with Crippen LogP contribution in [0.1, 0.15) is 10.4 Å². The summed E-state index contributed by atoms with van der Waals surface area (Å²) in [6, 6.07) is 4.09. The van der Waals surface area contributed by atoms with Crippen LogP contribution in [-0.2, 0) is 4.84 Å². The third kappa shape index (κ3) is 2.50. The Kier molecular flexibility index (Phi) is 3.39. The van der Waals surface area contributed by atoms with Gasteiger partial charge in [-0.2, -0.15) is 0 Å². The van der Waals surface area contributed by atoms with Crippen LogP contribution in [0.3, 0.4) is 0 Å². The molecule has 0 aromatic heterocycles. The number of nitrogens with one attached hydrogen (secondary N) is 1. The van der Waals surface area contributed by atoms with E-state index in [1.54, 1.807) is 0 Å². The fourth-order valence-electron chi connectivity index (χ4n) is 0.819. The molecule has 1 N–H and O–H groups in total. The predicted molar refractivity (Wildman–Crippen MR) is 48.6 cm³/mol. The first-order valence-corrected chi connectivity index (χ1v) is 4.23. The van der Waals surface area contributed by atoms with Crippen LogP contribution >= 0.6 is 15.9 Å². The normalized spacial score (nSPS) is 9.77. The van der Waals surface area contributed by atoms with E-state index in [9.17, 15) is 9.18 Å². The number of benzene rings is 1. The molecule has 0 aliphatic carbocycles. The molecule has 70 valence electrons. The van der Waals surface area contributed by atoms with Gasteiger partial charge in [-0.15, -0.1) is 0 Å². The number of hydrogen-bond donors (Lipinski definition) is 1. The molecule has 0 spiro atoms. The highest BCUT2D eigenvalue weighted by molar-refractivity contribution is 9.10. The summed E-state index contributed by atoms with van der Waals surface area (Å²) in [7, 11) is 1.29. The zero-order chi connectivity index (χ0) is 9.84. The summed E-state index contributed by atoms with van der Waals surface area (Å²) >= 11 is 3.13. The number of halogens is 2. The van der Waals surface area contributed by atoms with Gasteiger partial charge in [-0.1, -0.05) is 15.9 Å². The van der Waals surface area contributed by atoms with Crippen molar-refractivity contribution in [3.8, 4) is 0 Å². The van der Waals surface area contributed by atoms with Crippen LogP contribution in [0.5, 0.6) is 0 Å². The lowest BCUT2D eigenvalue weighted by atomic mass is 10.2. The van der Waals surface area contributed by atoms with E-state index >= 15 is 0 Å². The number of carbonyl (C=O) groups excluding carboxylic acids is 1. The second-order valence-corrected chi connectivity index (χ2v) is 3.18.